The SMILES string of the molecule is CCOC(CCn1ncc(C)cc1=O)C(=O)O. The van der Waals surface area contributed by atoms with Gasteiger partial charge in [0.05, 0.1) is 6.20 Å². The molecule has 6 heteroatoms. The first-order chi connectivity index (χ1) is 8.04. The summed E-state index contributed by atoms with van der Waals surface area (Å²) in [6.45, 7) is 4.06. The number of aromatic nitrogens is 2. The van der Waals surface area contributed by atoms with Gasteiger partial charge in [-0.3, -0.25) is 4.79 Å². The van der Waals surface area contributed by atoms with E-state index >= 15 is 0 Å². The molecular formula is C11H16N2O4. The first-order valence-corrected chi connectivity index (χ1v) is 5.42. The number of hydrogen-bond donors (Lipinski definition) is 1. The van der Waals surface area contributed by atoms with Crippen molar-refractivity contribution in [3.05, 3.63) is 28.2 Å². The number of aliphatic carboxylic acids is 1. The molecule has 1 aromatic heterocycles. The molecule has 94 valence electrons. The van der Waals surface area contributed by atoms with Crippen molar-refractivity contribution in [2.75, 3.05) is 6.61 Å². The molecule has 1 atom stereocenters. The van der Waals surface area contributed by atoms with Crippen molar-refractivity contribution >= 4 is 5.97 Å². The van der Waals surface area contributed by atoms with E-state index in [0.29, 0.717) is 6.61 Å². The van der Waals surface area contributed by atoms with Crippen LogP contribution in [0.1, 0.15) is 18.9 Å². The largest absolute Gasteiger partial charge is 0.479 e. The molecule has 0 spiro atoms. The minimum Gasteiger partial charge on any atom is -0.479 e. The van der Waals surface area contributed by atoms with E-state index < -0.39 is 12.1 Å². The highest BCUT2D eigenvalue weighted by Gasteiger charge is 2.17. The van der Waals surface area contributed by atoms with Crippen molar-refractivity contribution in [2.45, 2.75) is 32.9 Å². The monoisotopic (exact) mass is 240 g/mol. The zero-order valence-corrected chi connectivity index (χ0v) is 9.92. The van der Waals surface area contributed by atoms with E-state index in [1.165, 1.54) is 10.7 Å². The highest BCUT2D eigenvalue weighted by molar-refractivity contribution is 5.72. The van der Waals surface area contributed by atoms with E-state index in [4.69, 9.17) is 9.84 Å². The van der Waals surface area contributed by atoms with Crippen LogP contribution in [0.3, 0.4) is 0 Å². The van der Waals surface area contributed by atoms with Gasteiger partial charge in [0.15, 0.2) is 6.10 Å². The fourth-order valence-corrected chi connectivity index (χ4v) is 1.41. The summed E-state index contributed by atoms with van der Waals surface area (Å²) >= 11 is 0. The van der Waals surface area contributed by atoms with E-state index in [1.54, 1.807) is 20.0 Å². The number of carboxylic acid groups (broad SMARTS) is 1. The van der Waals surface area contributed by atoms with Gasteiger partial charge in [0, 0.05) is 25.6 Å². The summed E-state index contributed by atoms with van der Waals surface area (Å²) in [5.74, 6) is -1.02. The maximum Gasteiger partial charge on any atom is 0.332 e. The summed E-state index contributed by atoms with van der Waals surface area (Å²) in [4.78, 5) is 22.3. The van der Waals surface area contributed by atoms with Gasteiger partial charge in [-0.15, -0.1) is 0 Å². The van der Waals surface area contributed by atoms with Crippen LogP contribution >= 0.6 is 0 Å². The predicted molar refractivity (Wildman–Crippen MR) is 60.9 cm³/mol. The second-order valence-corrected chi connectivity index (χ2v) is 3.67. The Kier molecular flexibility index (Phi) is 4.84. The molecule has 1 heterocycles. The quantitative estimate of drug-likeness (QED) is 0.779. The molecule has 0 aliphatic carbocycles. The topological polar surface area (TPSA) is 81.4 Å². The van der Waals surface area contributed by atoms with Gasteiger partial charge in [0.1, 0.15) is 0 Å². The Labute approximate surface area is 98.8 Å². The summed E-state index contributed by atoms with van der Waals surface area (Å²) in [6.07, 6.45) is 0.895. The Morgan fingerprint density at radius 2 is 2.35 bits per heavy atom. The van der Waals surface area contributed by atoms with Gasteiger partial charge >= 0.3 is 5.97 Å². The maximum atomic E-state index is 11.5. The van der Waals surface area contributed by atoms with Crippen LogP contribution in [0.15, 0.2) is 17.1 Å². The Morgan fingerprint density at radius 1 is 1.65 bits per heavy atom. The summed E-state index contributed by atoms with van der Waals surface area (Å²) < 4.78 is 6.28. The van der Waals surface area contributed by atoms with Crippen molar-refractivity contribution in [3.8, 4) is 0 Å². The second-order valence-electron chi connectivity index (χ2n) is 3.67. The smallest absolute Gasteiger partial charge is 0.332 e. The lowest BCUT2D eigenvalue weighted by Crippen LogP contribution is -2.29. The summed E-state index contributed by atoms with van der Waals surface area (Å²) in [6, 6.07) is 1.46. The maximum absolute atomic E-state index is 11.5. The Morgan fingerprint density at radius 3 is 2.88 bits per heavy atom. The third kappa shape index (κ3) is 3.99. The van der Waals surface area contributed by atoms with Crippen molar-refractivity contribution < 1.29 is 14.6 Å². The van der Waals surface area contributed by atoms with Gasteiger partial charge in [-0.25, -0.2) is 9.48 Å². The number of carboxylic acids is 1. The van der Waals surface area contributed by atoms with Crippen LogP contribution in [-0.2, 0) is 16.1 Å². The third-order valence-corrected chi connectivity index (χ3v) is 2.25. The number of rotatable bonds is 6. The molecule has 1 N–H and O–H groups in total. The Balaban J connectivity index is 2.65. The molecule has 0 aliphatic rings. The molecule has 0 amide bonds. The minimum absolute atomic E-state index is 0.221. The summed E-state index contributed by atoms with van der Waals surface area (Å²) in [5.41, 5.74) is 0.552. The van der Waals surface area contributed by atoms with Crippen molar-refractivity contribution in [3.63, 3.8) is 0 Å². The minimum atomic E-state index is -1.02. The van der Waals surface area contributed by atoms with Crippen molar-refractivity contribution in [1.29, 1.82) is 0 Å². The zero-order valence-electron chi connectivity index (χ0n) is 9.92. The number of hydrogen-bond acceptors (Lipinski definition) is 4. The summed E-state index contributed by atoms with van der Waals surface area (Å²) in [5, 5.41) is 12.8. The average Bonchev–Trinajstić information content (AvgIpc) is 2.25. The van der Waals surface area contributed by atoms with Gasteiger partial charge in [-0.1, -0.05) is 0 Å². The van der Waals surface area contributed by atoms with Gasteiger partial charge in [0.2, 0.25) is 0 Å². The van der Waals surface area contributed by atoms with Crippen molar-refractivity contribution in [1.82, 2.24) is 9.78 Å². The van der Waals surface area contributed by atoms with Crippen LogP contribution in [-0.4, -0.2) is 33.6 Å². The predicted octanol–water partition coefficient (Wildman–Crippen LogP) is 0.432. The lowest BCUT2D eigenvalue weighted by atomic mass is 10.2. The van der Waals surface area contributed by atoms with Crippen LogP contribution in [0, 0.1) is 6.92 Å². The third-order valence-electron chi connectivity index (χ3n) is 2.25. The van der Waals surface area contributed by atoms with Gasteiger partial charge < -0.3 is 9.84 Å². The lowest BCUT2D eigenvalue weighted by molar-refractivity contribution is -0.150. The highest BCUT2D eigenvalue weighted by atomic mass is 16.5. The van der Waals surface area contributed by atoms with E-state index in [9.17, 15) is 9.59 Å². The molecule has 1 unspecified atom stereocenters. The lowest BCUT2D eigenvalue weighted by Gasteiger charge is -2.12. The normalized spacial score (nSPS) is 12.4. The number of aryl methyl sites for hydroxylation is 2. The molecule has 0 saturated heterocycles. The molecule has 17 heavy (non-hydrogen) atoms. The molecule has 6 nitrogen and oxygen atoms in total. The van der Waals surface area contributed by atoms with Gasteiger partial charge in [0.25, 0.3) is 5.56 Å². The van der Waals surface area contributed by atoms with E-state index in [0.717, 1.165) is 5.56 Å². The first-order valence-electron chi connectivity index (χ1n) is 5.42. The van der Waals surface area contributed by atoms with Crippen LogP contribution in [0.2, 0.25) is 0 Å². The Hall–Kier alpha value is -1.69. The number of ether oxygens (including phenoxy) is 1. The van der Waals surface area contributed by atoms with Crippen LogP contribution in [0.25, 0.3) is 0 Å². The molecule has 0 fully saturated rings. The van der Waals surface area contributed by atoms with Gasteiger partial charge in [-0.05, 0) is 19.4 Å². The average molecular weight is 240 g/mol. The highest BCUT2D eigenvalue weighted by Crippen LogP contribution is 2.00. The molecule has 0 bridgehead atoms. The molecule has 1 rings (SSSR count). The number of nitrogens with zero attached hydrogens (tertiary/aromatic N) is 2. The van der Waals surface area contributed by atoms with E-state index in [2.05, 4.69) is 5.10 Å². The van der Waals surface area contributed by atoms with E-state index in [-0.39, 0.29) is 18.5 Å². The molecule has 0 aliphatic heterocycles. The van der Waals surface area contributed by atoms with Crippen LogP contribution < -0.4 is 5.56 Å². The fourth-order valence-electron chi connectivity index (χ4n) is 1.41. The molecule has 1 aromatic rings. The second kappa shape index (κ2) is 6.15. The summed E-state index contributed by atoms with van der Waals surface area (Å²) in [7, 11) is 0. The molecule has 0 saturated carbocycles. The first kappa shape index (κ1) is 13.4. The zero-order chi connectivity index (χ0) is 12.8. The molecular weight excluding hydrogens is 224 g/mol. The van der Waals surface area contributed by atoms with Crippen LogP contribution in [0.4, 0.5) is 0 Å². The van der Waals surface area contributed by atoms with Gasteiger partial charge in [-0.2, -0.15) is 5.10 Å². The Bertz CT molecular complexity index is 441. The molecule has 0 aromatic carbocycles. The fraction of sp³-hybridized carbons (Fsp3) is 0.545. The van der Waals surface area contributed by atoms with E-state index in [1.807, 2.05) is 0 Å². The van der Waals surface area contributed by atoms with Crippen molar-refractivity contribution in [2.24, 2.45) is 0 Å². The standard InChI is InChI=1S/C11H16N2O4/c1-3-17-9(11(15)16)4-5-13-10(14)6-8(2)7-12-13/h6-7,9H,3-5H2,1-2H3,(H,15,16). The number of carbonyl (C=O) groups is 1. The molecule has 0 radical (unpaired) electrons. The van der Waals surface area contributed by atoms with Crippen LogP contribution in [0.5, 0.6) is 0 Å².